The molecule has 2 heterocycles. The van der Waals surface area contributed by atoms with E-state index in [-0.39, 0.29) is 5.56 Å². The van der Waals surface area contributed by atoms with E-state index in [2.05, 4.69) is 0 Å². The van der Waals surface area contributed by atoms with Gasteiger partial charge in [-0.15, -0.1) is 11.3 Å². The smallest absolute Gasteiger partial charge is 0.263 e. The minimum Gasteiger partial charge on any atom is -0.368 e. The molecule has 4 aromatic rings. The van der Waals surface area contributed by atoms with Crippen molar-refractivity contribution >= 4 is 27.5 Å². The molecule has 6 heteroatoms. The molecule has 1 amide bonds. The van der Waals surface area contributed by atoms with Crippen LogP contribution in [0.2, 0.25) is 0 Å². The highest BCUT2D eigenvalue weighted by molar-refractivity contribution is 7.17. The summed E-state index contributed by atoms with van der Waals surface area (Å²) in [6.45, 7) is 3.88. The molecule has 0 saturated heterocycles. The number of carbonyl (C=O) groups excluding carboxylic acids is 1. The molecule has 0 radical (unpaired) electrons. The highest BCUT2D eigenvalue weighted by atomic mass is 32.1. The van der Waals surface area contributed by atoms with Gasteiger partial charge in [-0.05, 0) is 24.5 Å². The Hall–Kier alpha value is -3.25. The number of carbonyl (C=O) groups is 1. The van der Waals surface area contributed by atoms with Crippen molar-refractivity contribution in [1.82, 2.24) is 9.55 Å². The zero-order valence-corrected chi connectivity index (χ0v) is 17.8. The van der Waals surface area contributed by atoms with Crippen LogP contribution in [-0.2, 0) is 11.2 Å². The van der Waals surface area contributed by atoms with Crippen molar-refractivity contribution in [1.29, 1.82) is 0 Å². The first-order valence-electron chi connectivity index (χ1n) is 9.92. The number of nitrogens with two attached hydrogens (primary N) is 1. The highest BCUT2D eigenvalue weighted by Crippen LogP contribution is 2.32. The maximum atomic E-state index is 13.7. The normalized spacial score (nSPS) is 12.2. The van der Waals surface area contributed by atoms with Crippen LogP contribution in [0.4, 0.5) is 0 Å². The van der Waals surface area contributed by atoms with Gasteiger partial charge in [0, 0.05) is 17.4 Å². The number of amides is 1. The Labute approximate surface area is 178 Å². The van der Waals surface area contributed by atoms with Crippen LogP contribution in [0.3, 0.4) is 0 Å². The largest absolute Gasteiger partial charge is 0.368 e. The highest BCUT2D eigenvalue weighted by Gasteiger charge is 2.24. The zero-order valence-electron chi connectivity index (χ0n) is 17.0. The maximum absolute atomic E-state index is 13.7. The molecule has 0 aliphatic heterocycles. The molecule has 1 atom stereocenters. The molecule has 5 nitrogen and oxygen atoms in total. The first-order valence-corrected chi connectivity index (χ1v) is 10.8. The molecule has 0 bridgehead atoms. The molecule has 1 unspecified atom stereocenters. The van der Waals surface area contributed by atoms with Gasteiger partial charge in [0.2, 0.25) is 5.91 Å². The molecule has 4 rings (SSSR count). The van der Waals surface area contributed by atoms with Crippen molar-refractivity contribution in [2.45, 2.75) is 32.7 Å². The van der Waals surface area contributed by atoms with Gasteiger partial charge in [-0.2, -0.15) is 0 Å². The summed E-state index contributed by atoms with van der Waals surface area (Å²) in [5.41, 5.74) is 9.43. The quantitative estimate of drug-likeness (QED) is 0.503. The fourth-order valence-electron chi connectivity index (χ4n) is 3.73. The molecule has 0 saturated carbocycles. The van der Waals surface area contributed by atoms with Gasteiger partial charge >= 0.3 is 0 Å². The Bertz CT molecular complexity index is 1260. The Morgan fingerprint density at radius 1 is 1.13 bits per heavy atom. The minimum absolute atomic E-state index is 0.214. The van der Waals surface area contributed by atoms with Gasteiger partial charge < -0.3 is 5.73 Å². The fraction of sp³-hybridized carbons (Fsp3) is 0.208. The zero-order chi connectivity index (χ0) is 21.3. The molecule has 152 valence electrons. The molecule has 30 heavy (non-hydrogen) atoms. The Morgan fingerprint density at radius 3 is 2.47 bits per heavy atom. The number of thiophene rings is 1. The molecular formula is C24H23N3O2S. The van der Waals surface area contributed by atoms with E-state index in [0.29, 0.717) is 28.9 Å². The van der Waals surface area contributed by atoms with Crippen LogP contribution in [0.15, 0.2) is 64.8 Å². The van der Waals surface area contributed by atoms with Crippen LogP contribution >= 0.6 is 11.3 Å². The lowest BCUT2D eigenvalue weighted by molar-refractivity contribution is -0.121. The van der Waals surface area contributed by atoms with Crippen LogP contribution in [0, 0.1) is 6.92 Å². The van der Waals surface area contributed by atoms with E-state index in [1.807, 2.05) is 73.8 Å². The number of nitrogens with zero attached hydrogens (tertiary/aromatic N) is 2. The van der Waals surface area contributed by atoms with Crippen LogP contribution in [0.1, 0.15) is 36.3 Å². The number of benzene rings is 2. The first kappa shape index (κ1) is 20.0. The van der Waals surface area contributed by atoms with Gasteiger partial charge in [-0.1, -0.05) is 67.1 Å². The number of aromatic nitrogens is 2. The molecule has 0 fully saturated rings. The first-order chi connectivity index (χ1) is 14.5. The number of primary amides is 1. The summed E-state index contributed by atoms with van der Waals surface area (Å²) < 4.78 is 1.50. The van der Waals surface area contributed by atoms with E-state index in [4.69, 9.17) is 10.7 Å². The predicted octanol–water partition coefficient (Wildman–Crippen LogP) is 4.46. The van der Waals surface area contributed by atoms with Crippen molar-refractivity contribution in [3.8, 4) is 11.1 Å². The van der Waals surface area contributed by atoms with Crippen LogP contribution in [-0.4, -0.2) is 15.5 Å². The Morgan fingerprint density at radius 2 is 1.83 bits per heavy atom. The molecule has 0 spiro atoms. The van der Waals surface area contributed by atoms with Crippen molar-refractivity contribution in [2.75, 3.05) is 0 Å². The average molecular weight is 418 g/mol. The lowest BCUT2D eigenvalue weighted by Gasteiger charge is -2.19. The molecule has 0 aliphatic carbocycles. The third-order valence-corrected chi connectivity index (χ3v) is 6.18. The monoisotopic (exact) mass is 417 g/mol. The summed E-state index contributed by atoms with van der Waals surface area (Å²) in [6.07, 6.45) is 0.877. The van der Waals surface area contributed by atoms with E-state index in [1.165, 1.54) is 15.9 Å². The summed E-state index contributed by atoms with van der Waals surface area (Å²) in [4.78, 5) is 31.4. The van der Waals surface area contributed by atoms with Gasteiger partial charge in [-0.3, -0.25) is 14.2 Å². The van der Waals surface area contributed by atoms with E-state index < -0.39 is 11.9 Å². The van der Waals surface area contributed by atoms with Gasteiger partial charge in [0.1, 0.15) is 16.7 Å². The number of aryl methyl sites for hydroxylation is 1. The van der Waals surface area contributed by atoms with Gasteiger partial charge in [-0.25, -0.2) is 4.98 Å². The van der Waals surface area contributed by atoms with Crippen LogP contribution in [0.25, 0.3) is 21.3 Å². The second-order valence-corrected chi connectivity index (χ2v) is 8.25. The SMILES string of the molecule is CCC(C(N)=O)n1c(Cc2ccccc2)nc2scc(-c3ccc(C)cc3)c2c1=O. The van der Waals surface area contributed by atoms with Crippen molar-refractivity contribution < 1.29 is 4.79 Å². The van der Waals surface area contributed by atoms with E-state index in [1.54, 1.807) is 0 Å². The summed E-state index contributed by atoms with van der Waals surface area (Å²) in [5.74, 6) is 0.0313. The third kappa shape index (κ3) is 3.66. The standard InChI is InChI=1S/C24H23N3O2S/c1-3-19(22(25)28)27-20(13-16-7-5-4-6-8-16)26-23-21(24(27)29)18(14-30-23)17-11-9-15(2)10-12-17/h4-12,14,19H,3,13H2,1-2H3,(H2,25,28). The van der Waals surface area contributed by atoms with Gasteiger partial charge in [0.15, 0.2) is 0 Å². The van der Waals surface area contributed by atoms with E-state index >= 15 is 0 Å². The summed E-state index contributed by atoms with van der Waals surface area (Å²) in [7, 11) is 0. The predicted molar refractivity (Wildman–Crippen MR) is 122 cm³/mol. The third-order valence-electron chi connectivity index (χ3n) is 5.31. The van der Waals surface area contributed by atoms with Crippen molar-refractivity contribution in [3.05, 3.63) is 87.3 Å². The average Bonchev–Trinajstić information content (AvgIpc) is 3.16. The topological polar surface area (TPSA) is 78.0 Å². The minimum atomic E-state index is -0.737. The molecule has 2 aromatic heterocycles. The molecule has 2 N–H and O–H groups in total. The number of hydrogen-bond donors (Lipinski definition) is 1. The Balaban J connectivity index is 1.96. The Kier molecular flexibility index (Phi) is 5.50. The molecule has 0 aliphatic rings. The van der Waals surface area contributed by atoms with E-state index in [0.717, 1.165) is 22.3 Å². The van der Waals surface area contributed by atoms with Crippen molar-refractivity contribution in [2.24, 2.45) is 5.73 Å². The maximum Gasteiger partial charge on any atom is 0.263 e. The lowest BCUT2D eigenvalue weighted by atomic mass is 10.0. The van der Waals surface area contributed by atoms with Crippen molar-refractivity contribution in [3.63, 3.8) is 0 Å². The number of hydrogen-bond acceptors (Lipinski definition) is 4. The van der Waals surface area contributed by atoms with Crippen LogP contribution in [0.5, 0.6) is 0 Å². The number of fused-ring (bicyclic) bond motifs is 1. The van der Waals surface area contributed by atoms with Gasteiger partial charge in [0.25, 0.3) is 5.56 Å². The second kappa shape index (κ2) is 8.24. The lowest BCUT2D eigenvalue weighted by Crippen LogP contribution is -2.36. The summed E-state index contributed by atoms with van der Waals surface area (Å²) in [6, 6.07) is 17.1. The molecular weight excluding hydrogens is 394 g/mol. The summed E-state index contributed by atoms with van der Waals surface area (Å²) >= 11 is 1.45. The second-order valence-electron chi connectivity index (χ2n) is 7.39. The van der Waals surface area contributed by atoms with Crippen LogP contribution < -0.4 is 11.3 Å². The van der Waals surface area contributed by atoms with E-state index in [9.17, 15) is 9.59 Å². The number of rotatable bonds is 6. The molecule has 2 aromatic carbocycles. The summed E-state index contributed by atoms with van der Waals surface area (Å²) in [5, 5.41) is 2.51. The van der Waals surface area contributed by atoms with Gasteiger partial charge in [0.05, 0.1) is 5.39 Å². The fourth-order valence-corrected chi connectivity index (χ4v) is 4.68.